The molecule has 3 N–H and O–H groups in total. The largest absolute Gasteiger partial charge is 0.492 e. The summed E-state index contributed by atoms with van der Waals surface area (Å²) in [5.41, 5.74) is 5.97. The standard InChI is InChI=1S/C11H15BrN2O2/c1-2-16-10-4-3-8(12)7-9(10)14-11(15)5-6-13/h3-4,7H,2,5-6,13H2,1H3,(H,14,15). The Balaban J connectivity index is 2.82. The minimum atomic E-state index is -0.110. The first-order chi connectivity index (χ1) is 7.67. The fourth-order valence-corrected chi connectivity index (χ4v) is 1.59. The van der Waals surface area contributed by atoms with Gasteiger partial charge in [-0.1, -0.05) is 15.9 Å². The van der Waals surface area contributed by atoms with E-state index < -0.39 is 0 Å². The summed E-state index contributed by atoms with van der Waals surface area (Å²) in [7, 11) is 0. The Labute approximate surface area is 103 Å². The van der Waals surface area contributed by atoms with Gasteiger partial charge in [-0.25, -0.2) is 0 Å². The van der Waals surface area contributed by atoms with Gasteiger partial charge in [0.05, 0.1) is 12.3 Å². The number of nitrogens with one attached hydrogen (secondary N) is 1. The summed E-state index contributed by atoms with van der Waals surface area (Å²) in [6, 6.07) is 5.48. The molecule has 1 amide bonds. The van der Waals surface area contributed by atoms with E-state index in [1.54, 1.807) is 6.07 Å². The van der Waals surface area contributed by atoms with Crippen molar-refractivity contribution < 1.29 is 9.53 Å². The summed E-state index contributed by atoms with van der Waals surface area (Å²) in [6.07, 6.45) is 0.304. The third-order valence-corrected chi connectivity index (χ3v) is 2.38. The number of carbonyl (C=O) groups is 1. The maximum absolute atomic E-state index is 11.4. The van der Waals surface area contributed by atoms with Crippen LogP contribution in [-0.2, 0) is 4.79 Å². The highest BCUT2D eigenvalue weighted by atomic mass is 79.9. The monoisotopic (exact) mass is 286 g/mol. The van der Waals surface area contributed by atoms with Crippen molar-refractivity contribution in [1.29, 1.82) is 0 Å². The molecular weight excluding hydrogens is 272 g/mol. The summed E-state index contributed by atoms with van der Waals surface area (Å²) in [5.74, 6) is 0.553. The van der Waals surface area contributed by atoms with Crippen LogP contribution in [0.15, 0.2) is 22.7 Å². The van der Waals surface area contributed by atoms with Crippen molar-refractivity contribution >= 4 is 27.5 Å². The van der Waals surface area contributed by atoms with Crippen LogP contribution >= 0.6 is 15.9 Å². The molecule has 1 aromatic rings. The fraction of sp³-hybridized carbons (Fsp3) is 0.364. The Morgan fingerprint density at radius 2 is 2.31 bits per heavy atom. The zero-order chi connectivity index (χ0) is 12.0. The number of amides is 1. The Morgan fingerprint density at radius 1 is 1.56 bits per heavy atom. The Hall–Kier alpha value is -1.07. The number of halogens is 1. The van der Waals surface area contributed by atoms with Gasteiger partial charge in [0.1, 0.15) is 5.75 Å². The highest BCUT2D eigenvalue weighted by Crippen LogP contribution is 2.28. The molecular formula is C11H15BrN2O2. The van der Waals surface area contributed by atoms with Crippen molar-refractivity contribution in [3.05, 3.63) is 22.7 Å². The molecule has 0 unspecified atom stereocenters. The second kappa shape index (κ2) is 6.50. The normalized spacial score (nSPS) is 9.94. The summed E-state index contributed by atoms with van der Waals surface area (Å²) in [4.78, 5) is 11.4. The molecule has 0 bridgehead atoms. The highest BCUT2D eigenvalue weighted by molar-refractivity contribution is 9.10. The van der Waals surface area contributed by atoms with E-state index in [-0.39, 0.29) is 5.91 Å². The highest BCUT2D eigenvalue weighted by Gasteiger charge is 2.07. The van der Waals surface area contributed by atoms with Gasteiger partial charge >= 0.3 is 0 Å². The lowest BCUT2D eigenvalue weighted by atomic mass is 10.2. The first kappa shape index (κ1) is 13.0. The Bertz CT molecular complexity index is 369. The zero-order valence-electron chi connectivity index (χ0n) is 9.13. The van der Waals surface area contributed by atoms with E-state index in [0.717, 1.165) is 4.47 Å². The van der Waals surface area contributed by atoms with Crippen LogP contribution in [-0.4, -0.2) is 19.1 Å². The van der Waals surface area contributed by atoms with Crippen LogP contribution < -0.4 is 15.8 Å². The van der Waals surface area contributed by atoms with E-state index in [4.69, 9.17) is 10.5 Å². The van der Waals surface area contributed by atoms with Crippen molar-refractivity contribution in [2.24, 2.45) is 5.73 Å². The van der Waals surface area contributed by atoms with Crippen molar-refractivity contribution in [3.63, 3.8) is 0 Å². The molecule has 0 atom stereocenters. The van der Waals surface area contributed by atoms with Crippen molar-refractivity contribution in [3.8, 4) is 5.75 Å². The molecule has 0 saturated carbocycles. The smallest absolute Gasteiger partial charge is 0.225 e. The Morgan fingerprint density at radius 3 is 2.94 bits per heavy atom. The molecule has 0 aliphatic heterocycles. The first-order valence-corrected chi connectivity index (χ1v) is 5.89. The molecule has 1 aromatic carbocycles. The van der Waals surface area contributed by atoms with Crippen molar-refractivity contribution in [2.75, 3.05) is 18.5 Å². The summed E-state index contributed by atoms with van der Waals surface area (Å²) in [6.45, 7) is 2.79. The topological polar surface area (TPSA) is 64.3 Å². The maximum Gasteiger partial charge on any atom is 0.225 e. The van der Waals surface area contributed by atoms with Crippen LogP contribution in [0.5, 0.6) is 5.75 Å². The van der Waals surface area contributed by atoms with Crippen LogP contribution in [0.4, 0.5) is 5.69 Å². The molecule has 0 spiro atoms. The van der Waals surface area contributed by atoms with Gasteiger partial charge in [-0.05, 0) is 25.1 Å². The third-order valence-electron chi connectivity index (χ3n) is 1.89. The van der Waals surface area contributed by atoms with E-state index >= 15 is 0 Å². The zero-order valence-corrected chi connectivity index (χ0v) is 10.7. The van der Waals surface area contributed by atoms with E-state index in [0.29, 0.717) is 31.0 Å². The average Bonchev–Trinajstić information content (AvgIpc) is 2.22. The van der Waals surface area contributed by atoms with Gasteiger partial charge in [0.25, 0.3) is 0 Å². The SMILES string of the molecule is CCOc1ccc(Br)cc1NC(=O)CCN. The maximum atomic E-state index is 11.4. The van der Waals surface area contributed by atoms with Crippen molar-refractivity contribution in [2.45, 2.75) is 13.3 Å². The molecule has 88 valence electrons. The van der Waals surface area contributed by atoms with Gasteiger partial charge in [0.2, 0.25) is 5.91 Å². The number of nitrogens with two attached hydrogens (primary N) is 1. The minimum absolute atomic E-state index is 0.110. The molecule has 0 saturated heterocycles. The number of benzene rings is 1. The van der Waals surface area contributed by atoms with Gasteiger partial charge < -0.3 is 15.8 Å². The van der Waals surface area contributed by atoms with E-state index in [2.05, 4.69) is 21.2 Å². The molecule has 0 radical (unpaired) electrons. The lowest BCUT2D eigenvalue weighted by Crippen LogP contribution is -2.16. The van der Waals surface area contributed by atoms with Crippen molar-refractivity contribution in [1.82, 2.24) is 0 Å². The predicted octanol–water partition coefficient (Wildman–Crippen LogP) is 2.14. The van der Waals surface area contributed by atoms with Crippen LogP contribution in [0.1, 0.15) is 13.3 Å². The summed E-state index contributed by atoms with van der Waals surface area (Å²) < 4.78 is 6.29. The molecule has 0 aliphatic rings. The molecule has 0 aliphatic carbocycles. The summed E-state index contributed by atoms with van der Waals surface area (Å²) in [5, 5.41) is 2.76. The third kappa shape index (κ3) is 3.83. The predicted molar refractivity (Wildman–Crippen MR) is 67.6 cm³/mol. The number of ether oxygens (including phenoxy) is 1. The van der Waals surface area contributed by atoms with E-state index in [9.17, 15) is 4.79 Å². The van der Waals surface area contributed by atoms with Crippen LogP contribution in [0.2, 0.25) is 0 Å². The second-order valence-corrected chi connectivity index (χ2v) is 4.08. The molecule has 4 nitrogen and oxygen atoms in total. The van der Waals surface area contributed by atoms with Gasteiger partial charge in [-0.15, -0.1) is 0 Å². The summed E-state index contributed by atoms with van der Waals surface area (Å²) >= 11 is 3.34. The van der Waals surface area contributed by atoms with E-state index in [1.165, 1.54) is 0 Å². The first-order valence-electron chi connectivity index (χ1n) is 5.09. The Kier molecular flexibility index (Phi) is 5.28. The van der Waals surface area contributed by atoms with Crippen LogP contribution in [0.25, 0.3) is 0 Å². The fourth-order valence-electron chi connectivity index (χ4n) is 1.23. The number of rotatable bonds is 5. The van der Waals surface area contributed by atoms with Gasteiger partial charge in [0.15, 0.2) is 0 Å². The van der Waals surface area contributed by atoms with Gasteiger partial charge in [-0.3, -0.25) is 4.79 Å². The molecule has 1 rings (SSSR count). The number of hydrogen-bond acceptors (Lipinski definition) is 3. The van der Waals surface area contributed by atoms with Gasteiger partial charge in [0, 0.05) is 17.4 Å². The van der Waals surface area contributed by atoms with E-state index in [1.807, 2.05) is 19.1 Å². The van der Waals surface area contributed by atoms with Crippen LogP contribution in [0.3, 0.4) is 0 Å². The minimum Gasteiger partial charge on any atom is -0.492 e. The lowest BCUT2D eigenvalue weighted by molar-refractivity contribution is -0.116. The number of carbonyl (C=O) groups excluding carboxylic acids is 1. The average molecular weight is 287 g/mol. The van der Waals surface area contributed by atoms with Crippen LogP contribution in [0, 0.1) is 0 Å². The van der Waals surface area contributed by atoms with Gasteiger partial charge in [-0.2, -0.15) is 0 Å². The second-order valence-electron chi connectivity index (χ2n) is 3.16. The number of anilines is 1. The molecule has 0 heterocycles. The molecule has 16 heavy (non-hydrogen) atoms. The molecule has 0 fully saturated rings. The quantitative estimate of drug-likeness (QED) is 0.872. The molecule has 5 heteroatoms. The molecule has 0 aromatic heterocycles. The lowest BCUT2D eigenvalue weighted by Gasteiger charge is -2.11. The number of hydrogen-bond donors (Lipinski definition) is 2.